The molecule has 9 heteroatoms. The van der Waals surface area contributed by atoms with Gasteiger partial charge in [0.15, 0.2) is 0 Å². The van der Waals surface area contributed by atoms with E-state index in [2.05, 4.69) is 21.5 Å². The van der Waals surface area contributed by atoms with Gasteiger partial charge >= 0.3 is 6.18 Å². The maximum atomic E-state index is 13.3. The Hall–Kier alpha value is -1.58. The highest BCUT2D eigenvalue weighted by Gasteiger charge is 2.40. The van der Waals surface area contributed by atoms with Crippen molar-refractivity contribution in [3.8, 4) is 0 Å². The number of rotatable bonds is 5. The lowest BCUT2D eigenvalue weighted by Gasteiger charge is -2.45. The Kier molecular flexibility index (Phi) is 5.91. The van der Waals surface area contributed by atoms with Crippen molar-refractivity contribution < 1.29 is 21.6 Å². The third-order valence-corrected chi connectivity index (χ3v) is 8.14. The standard InChI is InChI=1S/C23H32F3N3O2S/c1-14-18-13-29(10-8-22(2,3)28-32(4,30)31)9-7-15(18)11-20-21(14)17-12-16(23(24,25)26)5-6-19(17)27-20/h5-6,12,14-15,18,27-28H,7-11,13H2,1-4H3/t14-,15-,18-/m1/s1. The molecule has 0 saturated carbocycles. The van der Waals surface area contributed by atoms with Crippen molar-refractivity contribution in [1.82, 2.24) is 14.6 Å². The van der Waals surface area contributed by atoms with Crippen molar-refractivity contribution >= 4 is 20.9 Å². The van der Waals surface area contributed by atoms with Crippen LogP contribution in [0.2, 0.25) is 0 Å². The molecule has 32 heavy (non-hydrogen) atoms. The van der Waals surface area contributed by atoms with Crippen molar-refractivity contribution in [1.29, 1.82) is 0 Å². The number of halogens is 3. The first-order valence-electron chi connectivity index (χ1n) is 11.2. The van der Waals surface area contributed by atoms with Crippen molar-refractivity contribution in [3.05, 3.63) is 35.0 Å². The van der Waals surface area contributed by atoms with Crippen molar-refractivity contribution in [3.63, 3.8) is 0 Å². The largest absolute Gasteiger partial charge is 0.416 e. The Balaban J connectivity index is 1.53. The average molecular weight is 472 g/mol. The lowest BCUT2D eigenvalue weighted by molar-refractivity contribution is -0.137. The SMILES string of the molecule is C[C@H]1c2c([nH]c3ccc(C(F)(F)F)cc23)C[C@H]2CCN(CCC(C)(C)NS(C)(=O)=O)C[C@@H]21. The molecule has 4 rings (SSSR count). The van der Waals surface area contributed by atoms with Gasteiger partial charge in [-0.3, -0.25) is 0 Å². The van der Waals surface area contributed by atoms with Crippen molar-refractivity contribution in [2.45, 2.75) is 57.7 Å². The number of aromatic amines is 1. The van der Waals surface area contributed by atoms with Crippen LogP contribution in [0, 0.1) is 11.8 Å². The number of hydrogen-bond acceptors (Lipinski definition) is 3. The van der Waals surface area contributed by atoms with E-state index in [0.717, 1.165) is 55.3 Å². The minimum absolute atomic E-state index is 0.158. The minimum Gasteiger partial charge on any atom is -0.358 e. The molecule has 1 aromatic carbocycles. The minimum atomic E-state index is -4.35. The molecule has 2 N–H and O–H groups in total. The summed E-state index contributed by atoms with van der Waals surface area (Å²) >= 11 is 0. The molecule has 1 fully saturated rings. The van der Waals surface area contributed by atoms with Gasteiger partial charge in [-0.25, -0.2) is 13.1 Å². The van der Waals surface area contributed by atoms with Crippen LogP contribution in [0.25, 0.3) is 10.9 Å². The van der Waals surface area contributed by atoms with Crippen LogP contribution in [-0.4, -0.2) is 49.7 Å². The molecule has 178 valence electrons. The topological polar surface area (TPSA) is 65.2 Å². The van der Waals surface area contributed by atoms with E-state index in [1.54, 1.807) is 6.07 Å². The fraction of sp³-hybridized carbons (Fsp3) is 0.652. The first-order valence-corrected chi connectivity index (χ1v) is 13.1. The van der Waals surface area contributed by atoms with Gasteiger partial charge in [-0.05, 0) is 87.7 Å². The van der Waals surface area contributed by atoms with Gasteiger partial charge in [0.1, 0.15) is 0 Å². The summed E-state index contributed by atoms with van der Waals surface area (Å²) in [5, 5.41) is 0.691. The first-order chi connectivity index (χ1) is 14.7. The molecule has 1 aliphatic heterocycles. The normalized spacial score (nSPS) is 25.0. The Labute approximate surface area is 187 Å². The molecule has 1 aliphatic carbocycles. The lowest BCUT2D eigenvalue weighted by atomic mass is 9.68. The number of nitrogens with zero attached hydrogens (tertiary/aromatic N) is 1. The number of likely N-dealkylation sites (tertiary alicyclic amines) is 1. The van der Waals surface area contributed by atoms with E-state index in [-0.39, 0.29) is 5.92 Å². The molecule has 0 amide bonds. The molecule has 2 heterocycles. The molecule has 2 aromatic rings. The molecular formula is C23H32F3N3O2S. The van der Waals surface area contributed by atoms with Crippen LogP contribution in [0.1, 0.15) is 56.4 Å². The summed E-state index contributed by atoms with van der Waals surface area (Å²) in [7, 11) is -3.28. The fourth-order valence-corrected chi connectivity index (χ4v) is 6.82. The number of benzene rings is 1. The molecule has 2 aliphatic rings. The van der Waals surface area contributed by atoms with Gasteiger partial charge in [-0.1, -0.05) is 6.92 Å². The highest BCUT2D eigenvalue weighted by Crippen LogP contribution is 2.47. The van der Waals surface area contributed by atoms with E-state index in [1.807, 2.05) is 13.8 Å². The predicted octanol–water partition coefficient (Wildman–Crippen LogP) is 4.50. The summed E-state index contributed by atoms with van der Waals surface area (Å²) in [6.45, 7) is 8.54. The van der Waals surface area contributed by atoms with Gasteiger partial charge in [-0.2, -0.15) is 13.2 Å². The summed E-state index contributed by atoms with van der Waals surface area (Å²) in [5.74, 6) is 1.03. The summed E-state index contributed by atoms with van der Waals surface area (Å²) in [4.78, 5) is 5.77. The smallest absolute Gasteiger partial charge is 0.358 e. The zero-order chi connectivity index (χ0) is 23.5. The second kappa shape index (κ2) is 8.02. The molecule has 0 radical (unpaired) electrons. The second-order valence-electron chi connectivity index (χ2n) is 10.3. The Morgan fingerprint density at radius 3 is 2.62 bits per heavy atom. The van der Waals surface area contributed by atoms with Gasteiger partial charge < -0.3 is 9.88 Å². The molecule has 1 saturated heterocycles. The number of sulfonamides is 1. The van der Waals surface area contributed by atoms with Crippen LogP contribution < -0.4 is 4.72 Å². The van der Waals surface area contributed by atoms with Gasteiger partial charge in [0.25, 0.3) is 0 Å². The third kappa shape index (κ3) is 4.84. The Morgan fingerprint density at radius 1 is 1.25 bits per heavy atom. The number of alkyl halides is 3. The van der Waals surface area contributed by atoms with E-state index >= 15 is 0 Å². The van der Waals surface area contributed by atoms with Crippen LogP contribution in [0.4, 0.5) is 13.2 Å². The quantitative estimate of drug-likeness (QED) is 0.675. The molecule has 5 nitrogen and oxygen atoms in total. The van der Waals surface area contributed by atoms with Crippen LogP contribution in [-0.2, 0) is 22.6 Å². The van der Waals surface area contributed by atoms with E-state index < -0.39 is 27.3 Å². The van der Waals surface area contributed by atoms with E-state index in [0.29, 0.717) is 23.6 Å². The fourth-order valence-electron chi connectivity index (χ4n) is 5.72. The summed E-state index contributed by atoms with van der Waals surface area (Å²) in [6, 6.07) is 3.99. The van der Waals surface area contributed by atoms with Crippen molar-refractivity contribution in [2.75, 3.05) is 25.9 Å². The van der Waals surface area contributed by atoms with Gasteiger partial charge in [-0.15, -0.1) is 0 Å². The second-order valence-corrected chi connectivity index (χ2v) is 12.0. The van der Waals surface area contributed by atoms with Gasteiger partial charge in [0, 0.05) is 28.7 Å². The number of nitrogens with one attached hydrogen (secondary N) is 2. The van der Waals surface area contributed by atoms with Gasteiger partial charge in [0.05, 0.1) is 11.8 Å². The predicted molar refractivity (Wildman–Crippen MR) is 120 cm³/mol. The number of fused-ring (bicyclic) bond motifs is 4. The van der Waals surface area contributed by atoms with E-state index in [4.69, 9.17) is 0 Å². The van der Waals surface area contributed by atoms with Gasteiger partial charge in [0.2, 0.25) is 10.0 Å². The van der Waals surface area contributed by atoms with Crippen LogP contribution in [0.3, 0.4) is 0 Å². The number of aromatic nitrogens is 1. The number of hydrogen-bond donors (Lipinski definition) is 2. The highest BCUT2D eigenvalue weighted by molar-refractivity contribution is 7.88. The maximum Gasteiger partial charge on any atom is 0.416 e. The molecular weight excluding hydrogens is 439 g/mol. The lowest BCUT2D eigenvalue weighted by Crippen LogP contribution is -2.49. The third-order valence-electron chi connectivity index (χ3n) is 7.22. The first kappa shape index (κ1) is 23.6. The molecule has 1 aromatic heterocycles. The molecule has 0 bridgehead atoms. The molecule has 0 spiro atoms. The van der Waals surface area contributed by atoms with E-state index in [9.17, 15) is 21.6 Å². The summed E-state index contributed by atoms with van der Waals surface area (Å²) in [6.07, 6.45) is -0.577. The molecule has 3 atom stereocenters. The Bertz CT molecular complexity index is 1110. The van der Waals surface area contributed by atoms with E-state index in [1.165, 1.54) is 12.3 Å². The zero-order valence-electron chi connectivity index (χ0n) is 19.0. The zero-order valence-corrected chi connectivity index (χ0v) is 19.8. The van der Waals surface area contributed by atoms with Crippen LogP contribution in [0.15, 0.2) is 18.2 Å². The molecule has 0 unspecified atom stereocenters. The maximum absolute atomic E-state index is 13.3. The average Bonchev–Trinajstić information content (AvgIpc) is 3.02. The van der Waals surface area contributed by atoms with Crippen LogP contribution >= 0.6 is 0 Å². The number of H-pyrrole nitrogens is 1. The number of piperidine rings is 1. The summed E-state index contributed by atoms with van der Waals surface area (Å²) in [5.41, 5.74) is 1.76. The Morgan fingerprint density at radius 2 is 1.97 bits per heavy atom. The highest BCUT2D eigenvalue weighted by atomic mass is 32.2. The van der Waals surface area contributed by atoms with Crippen LogP contribution in [0.5, 0.6) is 0 Å². The van der Waals surface area contributed by atoms with Crippen molar-refractivity contribution in [2.24, 2.45) is 11.8 Å². The summed E-state index contributed by atoms with van der Waals surface area (Å²) < 4.78 is 65.8. The monoisotopic (exact) mass is 471 g/mol.